The highest BCUT2D eigenvalue weighted by molar-refractivity contribution is 9.10. The number of pyridine rings is 1. The molecule has 3 heterocycles. The van der Waals surface area contributed by atoms with Crippen LogP contribution in [-0.2, 0) is 0 Å². The van der Waals surface area contributed by atoms with Gasteiger partial charge in [0.2, 0.25) is 0 Å². The van der Waals surface area contributed by atoms with Gasteiger partial charge in [0.25, 0.3) is 5.91 Å². The van der Waals surface area contributed by atoms with Gasteiger partial charge in [0.15, 0.2) is 16.6 Å². The Morgan fingerprint density at radius 1 is 1.11 bits per heavy atom. The number of thiazole rings is 1. The number of aromatic nitrogens is 3. The maximum Gasteiger partial charge on any atom is 0.279 e. The number of halogens is 1. The lowest BCUT2D eigenvalue weighted by molar-refractivity contribution is 0.101. The third-order valence-corrected chi connectivity index (χ3v) is 5.26. The standard InChI is InChI=1S/C19H13BrN4O2S/c1-11-17(13-2-4-14(20)5-3-13)22-19(27-11)23-18(25)15-10-16(26-24-15)12-6-8-21-9-7-12/h2-10H,1H3,(H,22,23,25). The summed E-state index contributed by atoms with van der Waals surface area (Å²) in [6.45, 7) is 1.97. The van der Waals surface area contributed by atoms with Crippen molar-refractivity contribution in [3.63, 3.8) is 0 Å². The molecule has 0 aliphatic carbocycles. The van der Waals surface area contributed by atoms with Gasteiger partial charge in [-0.2, -0.15) is 0 Å². The average Bonchev–Trinajstić information content (AvgIpc) is 3.30. The highest BCUT2D eigenvalue weighted by Crippen LogP contribution is 2.31. The molecule has 1 amide bonds. The second kappa shape index (κ2) is 7.42. The summed E-state index contributed by atoms with van der Waals surface area (Å²) in [5, 5.41) is 7.16. The lowest BCUT2D eigenvalue weighted by Gasteiger charge is -1.99. The molecule has 0 radical (unpaired) electrons. The molecule has 0 saturated carbocycles. The fourth-order valence-corrected chi connectivity index (χ4v) is 3.62. The minimum atomic E-state index is -0.366. The van der Waals surface area contributed by atoms with E-state index in [0.29, 0.717) is 10.9 Å². The summed E-state index contributed by atoms with van der Waals surface area (Å²) in [5.74, 6) is 0.142. The van der Waals surface area contributed by atoms with Crippen molar-refractivity contribution >= 4 is 38.3 Å². The van der Waals surface area contributed by atoms with Gasteiger partial charge in [-0.3, -0.25) is 15.1 Å². The summed E-state index contributed by atoms with van der Waals surface area (Å²) in [6, 6.07) is 13.1. The van der Waals surface area contributed by atoms with E-state index in [2.05, 4.69) is 36.4 Å². The van der Waals surface area contributed by atoms with Gasteiger partial charge < -0.3 is 4.52 Å². The number of hydrogen-bond donors (Lipinski definition) is 1. The van der Waals surface area contributed by atoms with Crippen molar-refractivity contribution in [2.24, 2.45) is 0 Å². The van der Waals surface area contributed by atoms with Crippen molar-refractivity contribution in [3.8, 4) is 22.6 Å². The Hall–Kier alpha value is -2.84. The number of nitrogens with one attached hydrogen (secondary N) is 1. The molecule has 0 fully saturated rings. The Kier molecular flexibility index (Phi) is 4.83. The second-order valence-electron chi connectivity index (χ2n) is 5.70. The summed E-state index contributed by atoms with van der Waals surface area (Å²) in [5.41, 5.74) is 2.84. The van der Waals surface area contributed by atoms with Crippen LogP contribution in [0.1, 0.15) is 15.4 Å². The molecule has 0 spiro atoms. The third kappa shape index (κ3) is 3.81. The van der Waals surface area contributed by atoms with E-state index in [9.17, 15) is 4.79 Å². The van der Waals surface area contributed by atoms with Gasteiger partial charge in [0.05, 0.1) is 5.69 Å². The quantitative estimate of drug-likeness (QED) is 0.472. The minimum Gasteiger partial charge on any atom is -0.355 e. The lowest BCUT2D eigenvalue weighted by Crippen LogP contribution is -2.11. The number of carbonyl (C=O) groups excluding carboxylic acids is 1. The molecule has 0 unspecified atom stereocenters. The molecule has 0 aliphatic heterocycles. The smallest absolute Gasteiger partial charge is 0.279 e. The maximum atomic E-state index is 12.5. The van der Waals surface area contributed by atoms with Gasteiger partial charge >= 0.3 is 0 Å². The van der Waals surface area contributed by atoms with Gasteiger partial charge in [-0.1, -0.05) is 33.2 Å². The van der Waals surface area contributed by atoms with Crippen LogP contribution in [0.5, 0.6) is 0 Å². The number of nitrogens with zero attached hydrogens (tertiary/aromatic N) is 3. The summed E-state index contributed by atoms with van der Waals surface area (Å²) in [6.07, 6.45) is 3.30. The van der Waals surface area contributed by atoms with Crippen molar-refractivity contribution in [3.05, 3.63) is 69.9 Å². The second-order valence-corrected chi connectivity index (χ2v) is 7.82. The van der Waals surface area contributed by atoms with Crippen molar-refractivity contribution in [1.82, 2.24) is 15.1 Å². The van der Waals surface area contributed by atoms with E-state index in [4.69, 9.17) is 4.52 Å². The molecule has 3 aromatic heterocycles. The van der Waals surface area contributed by atoms with E-state index in [1.807, 2.05) is 31.2 Å². The Balaban J connectivity index is 1.53. The zero-order chi connectivity index (χ0) is 18.8. The van der Waals surface area contributed by atoms with E-state index in [1.54, 1.807) is 30.6 Å². The van der Waals surface area contributed by atoms with Crippen LogP contribution in [0.3, 0.4) is 0 Å². The van der Waals surface area contributed by atoms with Crippen LogP contribution < -0.4 is 5.32 Å². The summed E-state index contributed by atoms with van der Waals surface area (Å²) >= 11 is 4.84. The molecule has 0 saturated heterocycles. The molecular weight excluding hydrogens is 428 g/mol. The molecule has 6 nitrogen and oxygen atoms in total. The first-order valence-corrected chi connectivity index (χ1v) is 9.63. The molecular formula is C19H13BrN4O2S. The molecule has 27 heavy (non-hydrogen) atoms. The van der Waals surface area contributed by atoms with E-state index < -0.39 is 0 Å². The number of benzene rings is 1. The van der Waals surface area contributed by atoms with Gasteiger partial charge in [-0.05, 0) is 31.2 Å². The zero-order valence-electron chi connectivity index (χ0n) is 14.1. The third-order valence-electron chi connectivity index (χ3n) is 3.84. The van der Waals surface area contributed by atoms with Crippen LogP contribution >= 0.6 is 27.3 Å². The van der Waals surface area contributed by atoms with E-state index in [1.165, 1.54) is 11.3 Å². The normalized spacial score (nSPS) is 10.7. The molecule has 0 bridgehead atoms. The largest absolute Gasteiger partial charge is 0.355 e. The molecule has 0 atom stereocenters. The van der Waals surface area contributed by atoms with Crippen LogP contribution in [0, 0.1) is 6.92 Å². The van der Waals surface area contributed by atoms with E-state index >= 15 is 0 Å². The number of amides is 1. The first kappa shape index (κ1) is 17.6. The average molecular weight is 441 g/mol. The fourth-order valence-electron chi connectivity index (χ4n) is 2.52. The summed E-state index contributed by atoms with van der Waals surface area (Å²) in [7, 11) is 0. The molecule has 1 N–H and O–H groups in total. The van der Waals surface area contributed by atoms with Crippen LogP contribution in [0.15, 0.2) is 63.9 Å². The summed E-state index contributed by atoms with van der Waals surface area (Å²) in [4.78, 5) is 22.0. The Morgan fingerprint density at radius 2 is 1.85 bits per heavy atom. The molecule has 134 valence electrons. The molecule has 1 aromatic carbocycles. The number of hydrogen-bond acceptors (Lipinski definition) is 6. The van der Waals surface area contributed by atoms with Gasteiger partial charge in [-0.25, -0.2) is 4.98 Å². The van der Waals surface area contributed by atoms with E-state index in [-0.39, 0.29) is 11.6 Å². The van der Waals surface area contributed by atoms with Crippen LogP contribution in [0.4, 0.5) is 5.13 Å². The van der Waals surface area contributed by atoms with Crippen molar-refractivity contribution in [2.45, 2.75) is 6.92 Å². The van der Waals surface area contributed by atoms with Crippen LogP contribution in [0.2, 0.25) is 0 Å². The minimum absolute atomic E-state index is 0.194. The highest BCUT2D eigenvalue weighted by atomic mass is 79.9. The van der Waals surface area contributed by atoms with Crippen molar-refractivity contribution < 1.29 is 9.32 Å². The van der Waals surface area contributed by atoms with Gasteiger partial charge in [0.1, 0.15) is 0 Å². The maximum absolute atomic E-state index is 12.5. The van der Waals surface area contributed by atoms with Gasteiger partial charge in [-0.15, -0.1) is 11.3 Å². The Morgan fingerprint density at radius 3 is 2.59 bits per heavy atom. The highest BCUT2D eigenvalue weighted by Gasteiger charge is 2.17. The molecule has 4 rings (SSSR count). The van der Waals surface area contributed by atoms with Crippen LogP contribution in [-0.4, -0.2) is 21.0 Å². The van der Waals surface area contributed by atoms with Crippen molar-refractivity contribution in [1.29, 1.82) is 0 Å². The SMILES string of the molecule is Cc1sc(NC(=O)c2cc(-c3ccncc3)on2)nc1-c1ccc(Br)cc1. The first-order valence-electron chi connectivity index (χ1n) is 8.02. The van der Waals surface area contributed by atoms with Crippen molar-refractivity contribution in [2.75, 3.05) is 5.32 Å². The molecule has 0 aliphatic rings. The fraction of sp³-hybridized carbons (Fsp3) is 0.0526. The predicted octanol–water partition coefficient (Wildman–Crippen LogP) is 5.18. The zero-order valence-corrected chi connectivity index (χ0v) is 16.5. The van der Waals surface area contributed by atoms with E-state index in [0.717, 1.165) is 26.2 Å². The Bertz CT molecular complexity index is 1090. The Labute approximate surface area is 167 Å². The molecule has 4 aromatic rings. The monoisotopic (exact) mass is 440 g/mol. The number of anilines is 1. The van der Waals surface area contributed by atoms with Gasteiger partial charge in [0, 0.05) is 38.9 Å². The topological polar surface area (TPSA) is 80.9 Å². The number of carbonyl (C=O) groups is 1. The van der Waals surface area contributed by atoms with Crippen LogP contribution in [0.25, 0.3) is 22.6 Å². The number of aryl methyl sites for hydroxylation is 1. The molecule has 8 heteroatoms. The summed E-state index contributed by atoms with van der Waals surface area (Å²) < 4.78 is 6.26. The number of rotatable bonds is 4. The first-order chi connectivity index (χ1) is 13.1. The lowest BCUT2D eigenvalue weighted by atomic mass is 10.1. The predicted molar refractivity (Wildman–Crippen MR) is 108 cm³/mol.